The Bertz CT molecular complexity index is 2150. The van der Waals surface area contributed by atoms with Gasteiger partial charge in [0.05, 0.1) is 54.7 Å². The standard InChI is InChI=1S/C26H36N2O5S.C25H34N2O5S/c1-18(2)6-5-7-21-16-22(24(34-21)26(31)32-4)28(17-23(29)27-12-14-33-15-13-27)25(30)20-10-8-19(3)9-11-20;1-17(2)5-4-6-20-15-21(23(33-20)25(30)31)27(16-22(28)26-11-13-32-14-12-26)24(29)19-9-7-18(3)8-10-19/h16,18-20H,6,8-15,17H2,1-4H3;15,17-19H,5,7-14,16H2,1-3H3,(H,30,31). The van der Waals surface area contributed by atoms with Crippen molar-refractivity contribution in [3.8, 4) is 23.7 Å². The summed E-state index contributed by atoms with van der Waals surface area (Å²) in [5.74, 6) is 11.8. The molecule has 0 spiro atoms. The van der Waals surface area contributed by atoms with Crippen LogP contribution in [0.1, 0.15) is 135 Å². The number of ether oxygens (including phenoxy) is 3. The molecular formula is C51H70N4O10S2. The number of carbonyl (C=O) groups excluding carboxylic acids is 5. The topological polar surface area (TPSA) is 163 Å². The number of aromatic carboxylic acids is 1. The number of thiophene rings is 2. The second-order valence-corrected chi connectivity index (χ2v) is 21.1. The number of esters is 1. The number of carboxylic acids is 1. The van der Waals surface area contributed by atoms with E-state index in [-0.39, 0.29) is 59.1 Å². The van der Waals surface area contributed by atoms with Crippen LogP contribution >= 0.6 is 22.7 Å². The Labute approximate surface area is 405 Å². The Balaban J connectivity index is 0.000000251. The molecule has 2 aromatic heterocycles. The Kier molecular flexibility index (Phi) is 20.8. The van der Waals surface area contributed by atoms with Gasteiger partial charge in [-0.3, -0.25) is 19.2 Å². The summed E-state index contributed by atoms with van der Waals surface area (Å²) < 4.78 is 15.7. The van der Waals surface area contributed by atoms with Gasteiger partial charge in [-0.15, -0.1) is 22.7 Å². The van der Waals surface area contributed by atoms with Crippen molar-refractivity contribution >= 4 is 69.6 Å². The van der Waals surface area contributed by atoms with Crippen LogP contribution in [0.2, 0.25) is 0 Å². The van der Waals surface area contributed by atoms with Gasteiger partial charge in [0.2, 0.25) is 23.6 Å². The van der Waals surface area contributed by atoms with Crippen molar-refractivity contribution in [3.05, 3.63) is 31.6 Å². The first-order valence-corrected chi connectivity index (χ1v) is 25.6. The van der Waals surface area contributed by atoms with Crippen LogP contribution in [-0.4, -0.2) is 123 Å². The van der Waals surface area contributed by atoms with E-state index in [1.54, 1.807) is 21.9 Å². The Morgan fingerprint density at radius 2 is 1.03 bits per heavy atom. The number of morpholine rings is 2. The lowest BCUT2D eigenvalue weighted by atomic mass is 9.82. The minimum absolute atomic E-state index is 0.0520. The molecule has 0 aromatic carbocycles. The van der Waals surface area contributed by atoms with Crippen LogP contribution < -0.4 is 9.80 Å². The summed E-state index contributed by atoms with van der Waals surface area (Å²) in [5.41, 5.74) is 0.711. The third kappa shape index (κ3) is 15.6. The van der Waals surface area contributed by atoms with Crippen LogP contribution in [0.25, 0.3) is 0 Å². The number of rotatable bonds is 12. The Morgan fingerprint density at radius 3 is 1.39 bits per heavy atom. The molecule has 2 aromatic rings. The largest absolute Gasteiger partial charge is 0.477 e. The smallest absolute Gasteiger partial charge is 0.350 e. The first-order chi connectivity index (χ1) is 32.1. The lowest BCUT2D eigenvalue weighted by Gasteiger charge is -2.33. The van der Waals surface area contributed by atoms with Gasteiger partial charge >= 0.3 is 11.9 Å². The molecule has 2 aliphatic heterocycles. The number of hydrogen-bond donors (Lipinski definition) is 1. The van der Waals surface area contributed by atoms with Gasteiger partial charge in [-0.2, -0.15) is 0 Å². The van der Waals surface area contributed by atoms with E-state index >= 15 is 0 Å². The summed E-state index contributed by atoms with van der Waals surface area (Å²) in [5, 5.41) is 9.86. The number of anilines is 2. The van der Waals surface area contributed by atoms with E-state index in [4.69, 9.17) is 14.2 Å². The minimum atomic E-state index is -1.11. The first-order valence-electron chi connectivity index (χ1n) is 24.0. The maximum Gasteiger partial charge on any atom is 0.350 e. The van der Waals surface area contributed by atoms with Gasteiger partial charge in [0.25, 0.3) is 0 Å². The van der Waals surface area contributed by atoms with Gasteiger partial charge in [0.1, 0.15) is 22.8 Å². The predicted octanol–water partition coefficient (Wildman–Crippen LogP) is 7.81. The average Bonchev–Trinajstić information content (AvgIpc) is 3.95. The average molecular weight is 963 g/mol. The molecular weight excluding hydrogens is 893 g/mol. The highest BCUT2D eigenvalue weighted by Crippen LogP contribution is 2.37. The van der Waals surface area contributed by atoms with Crippen molar-refractivity contribution in [1.29, 1.82) is 0 Å². The quantitative estimate of drug-likeness (QED) is 0.164. The summed E-state index contributed by atoms with van der Waals surface area (Å²) in [7, 11) is 1.32. The number of methoxy groups -OCH3 is 1. The van der Waals surface area contributed by atoms with Crippen LogP contribution in [0.5, 0.6) is 0 Å². The lowest BCUT2D eigenvalue weighted by molar-refractivity contribution is -0.135. The molecule has 0 bridgehead atoms. The maximum atomic E-state index is 13.7. The molecule has 366 valence electrons. The molecule has 1 N–H and O–H groups in total. The zero-order chi connectivity index (χ0) is 48.6. The van der Waals surface area contributed by atoms with Crippen molar-refractivity contribution in [2.24, 2.45) is 35.5 Å². The molecule has 4 heterocycles. The predicted molar refractivity (Wildman–Crippen MR) is 261 cm³/mol. The Hall–Kier alpha value is -4.74. The molecule has 4 fully saturated rings. The SMILES string of the molecule is CC(C)CC#Cc1cc(N(CC(=O)N2CCOCC2)C(=O)C2CCC(C)CC2)c(C(=O)O)s1.COC(=O)c1sc(C#CCC(C)C)cc1N(CC(=O)N1CCOCC1)C(=O)C1CCC(C)CC1. The second kappa shape index (κ2) is 26.1. The molecule has 16 heteroatoms. The third-order valence-corrected chi connectivity index (χ3v) is 14.6. The van der Waals surface area contributed by atoms with Crippen molar-refractivity contribution < 1.29 is 48.1 Å². The molecule has 67 heavy (non-hydrogen) atoms. The fourth-order valence-electron chi connectivity index (χ4n) is 8.48. The molecule has 0 atom stereocenters. The number of hydrogen-bond acceptors (Lipinski definition) is 11. The molecule has 4 amide bonds. The minimum Gasteiger partial charge on any atom is -0.477 e. The summed E-state index contributed by atoms with van der Waals surface area (Å²) in [6, 6.07) is 3.43. The molecule has 2 saturated heterocycles. The summed E-state index contributed by atoms with van der Waals surface area (Å²) in [6.45, 7) is 16.3. The Morgan fingerprint density at radius 1 is 0.657 bits per heavy atom. The number of amides is 4. The van der Waals surface area contributed by atoms with E-state index in [0.29, 0.717) is 103 Å². The fourth-order valence-corrected chi connectivity index (χ4v) is 10.3. The van der Waals surface area contributed by atoms with Gasteiger partial charge in [0.15, 0.2) is 0 Å². The normalized spacial score (nSPS) is 20.6. The van der Waals surface area contributed by atoms with Crippen molar-refractivity contribution in [2.45, 2.75) is 106 Å². The molecule has 4 aliphatic rings. The van der Waals surface area contributed by atoms with Gasteiger partial charge in [-0.05, 0) is 87.2 Å². The van der Waals surface area contributed by atoms with E-state index in [9.17, 15) is 33.9 Å². The van der Waals surface area contributed by atoms with E-state index in [0.717, 1.165) is 69.1 Å². The van der Waals surface area contributed by atoms with Gasteiger partial charge in [-0.1, -0.05) is 65.2 Å². The van der Waals surface area contributed by atoms with E-state index in [1.807, 2.05) is 0 Å². The highest BCUT2D eigenvalue weighted by molar-refractivity contribution is 7.15. The number of carboxylic acid groups (broad SMARTS) is 1. The monoisotopic (exact) mass is 962 g/mol. The highest BCUT2D eigenvalue weighted by atomic mass is 32.1. The molecule has 0 unspecified atom stereocenters. The van der Waals surface area contributed by atoms with Crippen LogP contribution in [0.15, 0.2) is 12.1 Å². The molecule has 14 nitrogen and oxygen atoms in total. The van der Waals surface area contributed by atoms with Gasteiger partial charge < -0.3 is 38.9 Å². The summed E-state index contributed by atoms with van der Waals surface area (Å²) >= 11 is 2.28. The van der Waals surface area contributed by atoms with Crippen LogP contribution in [-0.2, 0) is 33.4 Å². The summed E-state index contributed by atoms with van der Waals surface area (Å²) in [4.78, 5) is 86.3. The summed E-state index contributed by atoms with van der Waals surface area (Å²) in [6.07, 6.45) is 8.44. The molecule has 2 saturated carbocycles. The van der Waals surface area contributed by atoms with E-state index in [1.165, 1.54) is 28.2 Å². The zero-order valence-corrected chi connectivity index (χ0v) is 42.1. The van der Waals surface area contributed by atoms with Crippen molar-refractivity contribution in [1.82, 2.24) is 9.80 Å². The molecule has 2 aliphatic carbocycles. The lowest BCUT2D eigenvalue weighted by Crippen LogP contribution is -2.49. The van der Waals surface area contributed by atoms with Crippen molar-refractivity contribution in [2.75, 3.05) is 82.6 Å². The number of nitrogens with zero attached hydrogens (tertiary/aromatic N) is 4. The van der Waals surface area contributed by atoms with E-state index in [2.05, 4.69) is 65.2 Å². The highest BCUT2D eigenvalue weighted by Gasteiger charge is 2.36. The molecule has 0 radical (unpaired) electrons. The van der Waals surface area contributed by atoms with Crippen LogP contribution in [0, 0.1) is 59.2 Å². The second-order valence-electron chi connectivity index (χ2n) is 19.0. The first kappa shape index (κ1) is 53.2. The van der Waals surface area contributed by atoms with Crippen LogP contribution in [0.4, 0.5) is 11.4 Å². The van der Waals surface area contributed by atoms with Gasteiger partial charge in [0, 0.05) is 50.9 Å². The van der Waals surface area contributed by atoms with Gasteiger partial charge in [-0.25, -0.2) is 9.59 Å². The third-order valence-electron chi connectivity index (χ3n) is 12.6. The molecule has 6 rings (SSSR count). The number of carbonyl (C=O) groups is 6. The maximum absolute atomic E-state index is 13.7. The van der Waals surface area contributed by atoms with Crippen LogP contribution in [0.3, 0.4) is 0 Å². The van der Waals surface area contributed by atoms with E-state index < -0.39 is 11.9 Å². The van der Waals surface area contributed by atoms with Crippen molar-refractivity contribution in [3.63, 3.8) is 0 Å². The fraction of sp³-hybridized carbons (Fsp3) is 0.647. The zero-order valence-electron chi connectivity index (χ0n) is 40.5.